The molecule has 2 heterocycles. The molecule has 1 saturated heterocycles. The molecular formula is C12H17N3O4. The lowest BCUT2D eigenvalue weighted by Gasteiger charge is -2.14. The number of H-pyrrole nitrogens is 1. The minimum absolute atomic E-state index is 0.154. The van der Waals surface area contributed by atoms with Crippen LogP contribution in [0, 0.1) is 0 Å². The summed E-state index contributed by atoms with van der Waals surface area (Å²) in [5.41, 5.74) is 0.487. The molecule has 2 rings (SSSR count). The third kappa shape index (κ3) is 3.33. The van der Waals surface area contributed by atoms with Crippen molar-refractivity contribution in [1.82, 2.24) is 15.4 Å². The summed E-state index contributed by atoms with van der Waals surface area (Å²) in [6, 6.07) is 1.01. The van der Waals surface area contributed by atoms with E-state index in [2.05, 4.69) is 10.3 Å². The zero-order valence-corrected chi connectivity index (χ0v) is 10.7. The molecule has 0 spiro atoms. The van der Waals surface area contributed by atoms with Gasteiger partial charge in [0.25, 0.3) is 11.8 Å². The van der Waals surface area contributed by atoms with E-state index < -0.39 is 6.04 Å². The maximum absolute atomic E-state index is 11.9. The van der Waals surface area contributed by atoms with Crippen LogP contribution in [0.15, 0.2) is 18.5 Å². The molecule has 0 saturated carbocycles. The maximum Gasteiger partial charge on any atom is 0.271 e. The zero-order valence-electron chi connectivity index (χ0n) is 10.7. The van der Waals surface area contributed by atoms with E-state index in [1.807, 2.05) is 6.92 Å². The van der Waals surface area contributed by atoms with Crippen molar-refractivity contribution >= 4 is 11.8 Å². The molecule has 1 aliphatic rings. The number of amides is 2. The van der Waals surface area contributed by atoms with Crippen molar-refractivity contribution in [3.05, 3.63) is 24.0 Å². The van der Waals surface area contributed by atoms with Crippen LogP contribution in [0.3, 0.4) is 0 Å². The van der Waals surface area contributed by atoms with Gasteiger partial charge < -0.3 is 15.0 Å². The second-order valence-corrected chi connectivity index (χ2v) is 4.06. The molecule has 2 amide bonds. The molecule has 1 aromatic rings. The van der Waals surface area contributed by atoms with Crippen LogP contribution >= 0.6 is 0 Å². The second kappa shape index (κ2) is 6.35. The standard InChI is InChI=1S/C12H17N3O4/c1-2-18-6-5-15-12(17)10(8-19-15)14-11(16)9-3-4-13-7-9/h3-4,7,10,13H,2,5-6,8H2,1H3,(H,14,16)/t10-/m1/s1. The molecule has 0 unspecified atom stereocenters. The fourth-order valence-corrected chi connectivity index (χ4v) is 1.75. The maximum atomic E-state index is 11.9. The van der Waals surface area contributed by atoms with Gasteiger partial charge in [-0.2, -0.15) is 0 Å². The van der Waals surface area contributed by atoms with Gasteiger partial charge in [-0.3, -0.25) is 14.4 Å². The van der Waals surface area contributed by atoms with Crippen molar-refractivity contribution in [3.63, 3.8) is 0 Å². The molecule has 104 valence electrons. The number of nitrogens with zero attached hydrogens (tertiary/aromatic N) is 1. The molecule has 7 nitrogen and oxygen atoms in total. The van der Waals surface area contributed by atoms with Gasteiger partial charge in [-0.25, -0.2) is 5.06 Å². The van der Waals surface area contributed by atoms with Crippen LogP contribution in [0.1, 0.15) is 17.3 Å². The number of aromatic amines is 1. The van der Waals surface area contributed by atoms with Crippen molar-refractivity contribution in [1.29, 1.82) is 0 Å². The van der Waals surface area contributed by atoms with E-state index in [-0.39, 0.29) is 18.4 Å². The molecule has 1 atom stereocenters. The first-order chi connectivity index (χ1) is 9.22. The number of rotatable bonds is 6. The molecule has 1 fully saturated rings. The molecule has 0 radical (unpaired) electrons. The Kier molecular flexibility index (Phi) is 4.53. The Bertz CT molecular complexity index is 432. The third-order valence-electron chi connectivity index (χ3n) is 2.75. The predicted octanol–water partition coefficient (Wildman–Crippen LogP) is -0.0766. The first-order valence-corrected chi connectivity index (χ1v) is 6.18. The van der Waals surface area contributed by atoms with E-state index in [4.69, 9.17) is 9.57 Å². The number of hydrogen-bond donors (Lipinski definition) is 2. The third-order valence-corrected chi connectivity index (χ3v) is 2.75. The second-order valence-electron chi connectivity index (χ2n) is 4.06. The summed E-state index contributed by atoms with van der Waals surface area (Å²) in [7, 11) is 0. The van der Waals surface area contributed by atoms with E-state index in [0.29, 0.717) is 25.3 Å². The lowest BCUT2D eigenvalue weighted by Crippen LogP contribution is -2.43. The molecule has 0 aromatic carbocycles. The van der Waals surface area contributed by atoms with E-state index in [0.717, 1.165) is 0 Å². The van der Waals surface area contributed by atoms with E-state index >= 15 is 0 Å². The number of ether oxygens (including phenoxy) is 1. The molecule has 0 aliphatic carbocycles. The highest BCUT2D eigenvalue weighted by molar-refractivity contribution is 5.97. The van der Waals surface area contributed by atoms with Crippen LogP contribution in [0.5, 0.6) is 0 Å². The van der Waals surface area contributed by atoms with Gasteiger partial charge in [0.15, 0.2) is 0 Å². The van der Waals surface area contributed by atoms with Gasteiger partial charge in [-0.05, 0) is 13.0 Å². The SMILES string of the molecule is CCOCCN1OC[C@@H](NC(=O)c2cc[nH]c2)C1=O. The number of hydroxylamine groups is 2. The first kappa shape index (κ1) is 13.6. The Balaban J connectivity index is 1.83. The molecule has 2 N–H and O–H groups in total. The summed E-state index contributed by atoms with van der Waals surface area (Å²) >= 11 is 0. The quantitative estimate of drug-likeness (QED) is 0.706. The normalized spacial score (nSPS) is 18.9. The number of carbonyl (C=O) groups excluding carboxylic acids is 2. The molecular weight excluding hydrogens is 250 g/mol. The number of carbonyl (C=O) groups is 2. The van der Waals surface area contributed by atoms with Gasteiger partial charge in [0, 0.05) is 19.0 Å². The number of aromatic nitrogens is 1. The Labute approximate surface area is 110 Å². The minimum Gasteiger partial charge on any atom is -0.380 e. The number of hydrogen-bond acceptors (Lipinski definition) is 4. The Morgan fingerprint density at radius 2 is 2.53 bits per heavy atom. The predicted molar refractivity (Wildman–Crippen MR) is 66.2 cm³/mol. The monoisotopic (exact) mass is 267 g/mol. The highest BCUT2D eigenvalue weighted by Gasteiger charge is 2.34. The Hall–Kier alpha value is -1.86. The minimum atomic E-state index is -0.635. The first-order valence-electron chi connectivity index (χ1n) is 6.18. The fraction of sp³-hybridized carbons (Fsp3) is 0.500. The number of nitrogens with one attached hydrogen (secondary N) is 2. The van der Waals surface area contributed by atoms with Gasteiger partial charge in [-0.15, -0.1) is 0 Å². The summed E-state index contributed by atoms with van der Waals surface area (Å²) in [5.74, 6) is -0.543. The lowest BCUT2D eigenvalue weighted by molar-refractivity contribution is -0.164. The van der Waals surface area contributed by atoms with Crippen molar-refractivity contribution in [2.75, 3.05) is 26.4 Å². The summed E-state index contributed by atoms with van der Waals surface area (Å²) in [6.45, 7) is 3.41. The van der Waals surface area contributed by atoms with Crippen LogP contribution in [0.25, 0.3) is 0 Å². The van der Waals surface area contributed by atoms with E-state index in [1.165, 1.54) is 5.06 Å². The average Bonchev–Trinajstić information content (AvgIpc) is 3.03. The van der Waals surface area contributed by atoms with Crippen LogP contribution in [0.2, 0.25) is 0 Å². The molecule has 1 aromatic heterocycles. The lowest BCUT2D eigenvalue weighted by atomic mass is 10.2. The van der Waals surface area contributed by atoms with Crippen LogP contribution in [-0.4, -0.2) is 54.3 Å². The topological polar surface area (TPSA) is 83.7 Å². The van der Waals surface area contributed by atoms with Crippen LogP contribution in [0.4, 0.5) is 0 Å². The molecule has 0 bridgehead atoms. The summed E-state index contributed by atoms with van der Waals surface area (Å²) in [4.78, 5) is 31.7. The Morgan fingerprint density at radius 1 is 1.68 bits per heavy atom. The largest absolute Gasteiger partial charge is 0.380 e. The van der Waals surface area contributed by atoms with Gasteiger partial charge in [0.1, 0.15) is 12.6 Å². The summed E-state index contributed by atoms with van der Waals surface area (Å²) < 4.78 is 5.15. The highest BCUT2D eigenvalue weighted by atomic mass is 16.7. The van der Waals surface area contributed by atoms with Crippen LogP contribution < -0.4 is 5.32 Å². The molecule has 1 aliphatic heterocycles. The summed E-state index contributed by atoms with van der Waals surface area (Å²) in [5, 5.41) is 3.87. The van der Waals surface area contributed by atoms with Gasteiger partial charge in [0.05, 0.1) is 18.7 Å². The average molecular weight is 267 g/mol. The van der Waals surface area contributed by atoms with Gasteiger partial charge >= 0.3 is 0 Å². The van der Waals surface area contributed by atoms with E-state index in [1.54, 1.807) is 18.5 Å². The fourth-order valence-electron chi connectivity index (χ4n) is 1.75. The van der Waals surface area contributed by atoms with Crippen LogP contribution in [-0.2, 0) is 14.4 Å². The zero-order chi connectivity index (χ0) is 13.7. The van der Waals surface area contributed by atoms with Crippen molar-refractivity contribution in [2.45, 2.75) is 13.0 Å². The van der Waals surface area contributed by atoms with Crippen molar-refractivity contribution < 1.29 is 19.2 Å². The molecule has 7 heteroatoms. The highest BCUT2D eigenvalue weighted by Crippen LogP contribution is 2.08. The van der Waals surface area contributed by atoms with Gasteiger partial charge in [-0.1, -0.05) is 0 Å². The molecule has 19 heavy (non-hydrogen) atoms. The van der Waals surface area contributed by atoms with Gasteiger partial charge in [0.2, 0.25) is 0 Å². The Morgan fingerprint density at radius 3 is 3.21 bits per heavy atom. The van der Waals surface area contributed by atoms with Crippen molar-refractivity contribution in [3.8, 4) is 0 Å². The van der Waals surface area contributed by atoms with Crippen molar-refractivity contribution in [2.24, 2.45) is 0 Å². The van der Waals surface area contributed by atoms with E-state index in [9.17, 15) is 9.59 Å². The summed E-state index contributed by atoms with van der Waals surface area (Å²) in [6.07, 6.45) is 3.22. The smallest absolute Gasteiger partial charge is 0.271 e.